The van der Waals surface area contributed by atoms with E-state index in [2.05, 4.69) is 16.7 Å². The largest absolute Gasteiger partial charge is 0.396 e. The van der Waals surface area contributed by atoms with E-state index in [1.54, 1.807) is 0 Å². The lowest BCUT2D eigenvalue weighted by Gasteiger charge is -2.20. The molecule has 2 rings (SSSR count). The van der Waals surface area contributed by atoms with Gasteiger partial charge in [-0.05, 0) is 30.7 Å². The van der Waals surface area contributed by atoms with Gasteiger partial charge in [0.1, 0.15) is 0 Å². The Bertz CT molecular complexity index is 418. The van der Waals surface area contributed by atoms with Crippen LogP contribution in [0.4, 0.5) is 5.69 Å². The van der Waals surface area contributed by atoms with Crippen molar-refractivity contribution in [1.82, 2.24) is 5.32 Å². The molecule has 0 bridgehead atoms. The molecule has 4 nitrogen and oxygen atoms in total. The van der Waals surface area contributed by atoms with Gasteiger partial charge in [-0.1, -0.05) is 12.1 Å². The highest BCUT2D eigenvalue weighted by Crippen LogP contribution is 2.26. The van der Waals surface area contributed by atoms with Gasteiger partial charge in [0.25, 0.3) is 0 Å². The Morgan fingerprint density at radius 3 is 3.00 bits per heavy atom. The molecule has 1 aromatic carbocycles. The Labute approximate surface area is 101 Å². The maximum absolute atomic E-state index is 11.2. The predicted molar refractivity (Wildman–Crippen MR) is 67.1 cm³/mol. The van der Waals surface area contributed by atoms with Crippen LogP contribution in [-0.4, -0.2) is 31.2 Å². The van der Waals surface area contributed by atoms with E-state index in [1.165, 1.54) is 0 Å². The van der Waals surface area contributed by atoms with Gasteiger partial charge in [0.2, 0.25) is 5.91 Å². The van der Waals surface area contributed by atoms with Gasteiger partial charge in [0.15, 0.2) is 0 Å². The molecular weight excluding hydrogens is 216 g/mol. The molecule has 1 aliphatic heterocycles. The first-order chi connectivity index (χ1) is 8.24. The Balaban J connectivity index is 2.23. The topological polar surface area (TPSA) is 61.4 Å². The average molecular weight is 234 g/mol. The third-order valence-corrected chi connectivity index (χ3v) is 3.17. The standard InChI is InChI=1S/C13H18N2O2/c1-14-7-11(8-16)9-2-4-12-10(6-9)3-5-13(17)15-12/h2,4,6,11,14,16H,3,5,7-8H2,1H3,(H,15,17). The molecule has 0 saturated heterocycles. The maximum Gasteiger partial charge on any atom is 0.224 e. The van der Waals surface area contributed by atoms with Crippen molar-refractivity contribution in [2.45, 2.75) is 18.8 Å². The van der Waals surface area contributed by atoms with Crippen molar-refractivity contribution in [3.63, 3.8) is 0 Å². The minimum absolute atomic E-state index is 0.0826. The number of aliphatic hydroxyl groups excluding tert-OH is 1. The van der Waals surface area contributed by atoms with Crippen LogP contribution in [0.25, 0.3) is 0 Å². The van der Waals surface area contributed by atoms with Crippen molar-refractivity contribution >= 4 is 11.6 Å². The van der Waals surface area contributed by atoms with E-state index < -0.39 is 0 Å². The van der Waals surface area contributed by atoms with Gasteiger partial charge in [-0.15, -0.1) is 0 Å². The van der Waals surface area contributed by atoms with Crippen LogP contribution in [-0.2, 0) is 11.2 Å². The molecule has 1 unspecified atom stereocenters. The van der Waals surface area contributed by atoms with Crippen LogP contribution >= 0.6 is 0 Å². The van der Waals surface area contributed by atoms with Gasteiger partial charge < -0.3 is 15.7 Å². The summed E-state index contributed by atoms with van der Waals surface area (Å²) in [6.45, 7) is 0.883. The lowest BCUT2D eigenvalue weighted by Crippen LogP contribution is -2.22. The summed E-state index contributed by atoms with van der Waals surface area (Å²) < 4.78 is 0. The number of anilines is 1. The van der Waals surface area contributed by atoms with Crippen LogP contribution in [0.1, 0.15) is 23.5 Å². The first kappa shape index (κ1) is 12.1. The van der Waals surface area contributed by atoms with Crippen LogP contribution in [0, 0.1) is 0 Å². The van der Waals surface area contributed by atoms with Gasteiger partial charge in [0.05, 0.1) is 6.61 Å². The van der Waals surface area contributed by atoms with Crippen LogP contribution in [0.15, 0.2) is 18.2 Å². The maximum atomic E-state index is 11.2. The molecule has 1 aliphatic rings. The highest BCUT2D eigenvalue weighted by Gasteiger charge is 2.17. The smallest absolute Gasteiger partial charge is 0.224 e. The van der Waals surface area contributed by atoms with Crippen molar-refractivity contribution in [2.24, 2.45) is 0 Å². The van der Waals surface area contributed by atoms with Gasteiger partial charge >= 0.3 is 0 Å². The number of hydrogen-bond donors (Lipinski definition) is 3. The fourth-order valence-corrected chi connectivity index (χ4v) is 2.19. The number of hydrogen-bond acceptors (Lipinski definition) is 3. The van der Waals surface area contributed by atoms with Gasteiger partial charge in [0, 0.05) is 24.6 Å². The molecule has 0 saturated carbocycles. The summed E-state index contributed by atoms with van der Waals surface area (Å²) in [5, 5.41) is 15.3. The quantitative estimate of drug-likeness (QED) is 0.724. The minimum Gasteiger partial charge on any atom is -0.396 e. The van der Waals surface area contributed by atoms with E-state index in [1.807, 2.05) is 19.2 Å². The number of amides is 1. The number of carbonyl (C=O) groups is 1. The molecule has 0 spiro atoms. The van der Waals surface area contributed by atoms with Crippen molar-refractivity contribution in [3.05, 3.63) is 29.3 Å². The number of aryl methyl sites for hydroxylation is 1. The molecule has 1 aromatic rings. The SMILES string of the molecule is CNCC(CO)c1ccc2c(c1)CCC(=O)N2. The molecule has 0 aliphatic carbocycles. The second-order valence-corrected chi connectivity index (χ2v) is 4.40. The zero-order valence-electron chi connectivity index (χ0n) is 9.99. The van der Waals surface area contributed by atoms with Crippen LogP contribution in [0.3, 0.4) is 0 Å². The second-order valence-electron chi connectivity index (χ2n) is 4.40. The van der Waals surface area contributed by atoms with E-state index in [0.717, 1.165) is 29.8 Å². The first-order valence-electron chi connectivity index (χ1n) is 5.92. The highest BCUT2D eigenvalue weighted by atomic mass is 16.3. The zero-order chi connectivity index (χ0) is 12.3. The van der Waals surface area contributed by atoms with E-state index >= 15 is 0 Å². The molecule has 1 amide bonds. The molecule has 92 valence electrons. The highest BCUT2D eigenvalue weighted by molar-refractivity contribution is 5.93. The van der Waals surface area contributed by atoms with Crippen molar-refractivity contribution in [2.75, 3.05) is 25.5 Å². The molecule has 0 radical (unpaired) electrons. The van der Waals surface area contributed by atoms with E-state index in [0.29, 0.717) is 6.42 Å². The summed E-state index contributed by atoms with van der Waals surface area (Å²) in [5.74, 6) is 0.196. The Morgan fingerprint density at radius 2 is 2.29 bits per heavy atom. The van der Waals surface area contributed by atoms with Crippen molar-refractivity contribution in [3.8, 4) is 0 Å². The summed E-state index contributed by atoms with van der Waals surface area (Å²) in [7, 11) is 1.88. The molecular formula is C13H18N2O2. The lowest BCUT2D eigenvalue weighted by atomic mass is 9.94. The number of rotatable bonds is 4. The van der Waals surface area contributed by atoms with Crippen LogP contribution < -0.4 is 10.6 Å². The Morgan fingerprint density at radius 1 is 1.47 bits per heavy atom. The van der Waals surface area contributed by atoms with Crippen LogP contribution in [0.5, 0.6) is 0 Å². The lowest BCUT2D eigenvalue weighted by molar-refractivity contribution is -0.116. The first-order valence-corrected chi connectivity index (χ1v) is 5.92. The monoisotopic (exact) mass is 234 g/mol. The third-order valence-electron chi connectivity index (χ3n) is 3.17. The fraction of sp³-hybridized carbons (Fsp3) is 0.462. The fourth-order valence-electron chi connectivity index (χ4n) is 2.19. The van der Waals surface area contributed by atoms with Gasteiger partial charge in [-0.25, -0.2) is 0 Å². The number of benzene rings is 1. The number of fused-ring (bicyclic) bond motifs is 1. The number of carbonyl (C=O) groups excluding carboxylic acids is 1. The van der Waals surface area contributed by atoms with Crippen molar-refractivity contribution in [1.29, 1.82) is 0 Å². The number of aliphatic hydroxyl groups is 1. The molecule has 17 heavy (non-hydrogen) atoms. The van der Waals surface area contributed by atoms with E-state index in [9.17, 15) is 9.90 Å². The number of likely N-dealkylation sites (N-methyl/N-ethyl adjacent to an activating group) is 1. The Hall–Kier alpha value is -1.39. The molecule has 0 aromatic heterocycles. The summed E-state index contributed by atoms with van der Waals surface area (Å²) >= 11 is 0. The van der Waals surface area contributed by atoms with Crippen molar-refractivity contribution < 1.29 is 9.90 Å². The molecule has 1 heterocycles. The molecule has 1 atom stereocenters. The summed E-state index contributed by atoms with van der Waals surface area (Å²) in [5.41, 5.74) is 3.19. The number of nitrogens with one attached hydrogen (secondary N) is 2. The van der Waals surface area contributed by atoms with Gasteiger partial charge in [-0.3, -0.25) is 4.79 Å². The van der Waals surface area contributed by atoms with Crippen LogP contribution in [0.2, 0.25) is 0 Å². The molecule has 4 heteroatoms. The zero-order valence-corrected chi connectivity index (χ0v) is 9.99. The molecule has 0 fully saturated rings. The third kappa shape index (κ3) is 2.65. The average Bonchev–Trinajstić information content (AvgIpc) is 2.35. The van der Waals surface area contributed by atoms with E-state index in [-0.39, 0.29) is 18.4 Å². The summed E-state index contributed by atoms with van der Waals surface area (Å²) in [6, 6.07) is 6.00. The predicted octanol–water partition coefficient (Wildman–Crippen LogP) is 0.867. The minimum atomic E-state index is 0.0826. The Kier molecular flexibility index (Phi) is 3.76. The summed E-state index contributed by atoms with van der Waals surface area (Å²) in [6.07, 6.45) is 1.33. The normalized spacial score (nSPS) is 16.2. The molecule has 3 N–H and O–H groups in total. The van der Waals surface area contributed by atoms with E-state index in [4.69, 9.17) is 0 Å². The second kappa shape index (κ2) is 5.29. The summed E-state index contributed by atoms with van der Waals surface area (Å²) in [4.78, 5) is 11.2. The van der Waals surface area contributed by atoms with Gasteiger partial charge in [-0.2, -0.15) is 0 Å².